The Bertz CT molecular complexity index is 1430. The van der Waals surface area contributed by atoms with Crippen LogP contribution in [0.1, 0.15) is 41.2 Å². The summed E-state index contributed by atoms with van der Waals surface area (Å²) in [5.74, 6) is 7.66. The second-order valence-electron chi connectivity index (χ2n) is 8.99. The lowest BCUT2D eigenvalue weighted by Crippen LogP contribution is -2.16. The van der Waals surface area contributed by atoms with E-state index in [1.165, 1.54) is 35.1 Å². The number of nitro benzene ring substituents is 1. The van der Waals surface area contributed by atoms with E-state index in [0.717, 1.165) is 28.0 Å². The fraction of sp³-hybridized carbons (Fsp3) is 0.290. The molecule has 0 saturated carbocycles. The first-order valence-corrected chi connectivity index (χ1v) is 15.8. The van der Waals surface area contributed by atoms with E-state index in [1.807, 2.05) is 48.5 Å². The van der Waals surface area contributed by atoms with Gasteiger partial charge in [-0.2, -0.15) is 0 Å². The van der Waals surface area contributed by atoms with Crippen LogP contribution in [0.3, 0.4) is 0 Å². The van der Waals surface area contributed by atoms with Gasteiger partial charge in [0.1, 0.15) is 18.5 Å². The maximum absolute atomic E-state index is 12.7. The molecule has 0 aromatic heterocycles. The highest BCUT2D eigenvalue weighted by Crippen LogP contribution is 2.29. The van der Waals surface area contributed by atoms with E-state index in [9.17, 15) is 19.7 Å². The van der Waals surface area contributed by atoms with Crippen molar-refractivity contribution < 1.29 is 33.5 Å². The van der Waals surface area contributed by atoms with Crippen LogP contribution in [0.4, 0.5) is 10.5 Å². The number of esters is 1. The van der Waals surface area contributed by atoms with Crippen LogP contribution in [-0.4, -0.2) is 48.4 Å². The zero-order chi connectivity index (χ0) is 29.6. The third-order valence-electron chi connectivity index (χ3n) is 6.04. The van der Waals surface area contributed by atoms with Gasteiger partial charge in [0.15, 0.2) is 0 Å². The van der Waals surface area contributed by atoms with Crippen molar-refractivity contribution in [2.45, 2.75) is 25.4 Å². The molecule has 0 amide bonds. The minimum absolute atomic E-state index is 0.0923. The van der Waals surface area contributed by atoms with E-state index in [4.69, 9.17) is 18.9 Å². The SMILES string of the molecule is O=C(CCCOCCSSCCOC(=O)Oc1ccc([N+](=O)[O-])cc1)OC1Cc2ccccc2C#Cc2ccccc21. The molecule has 9 nitrogen and oxygen atoms in total. The summed E-state index contributed by atoms with van der Waals surface area (Å²) in [5, 5.41) is 10.7. The molecule has 0 bridgehead atoms. The number of non-ortho nitro benzene ring substituents is 1. The lowest BCUT2D eigenvalue weighted by molar-refractivity contribution is -0.384. The summed E-state index contributed by atoms with van der Waals surface area (Å²) in [7, 11) is 3.12. The predicted octanol–water partition coefficient (Wildman–Crippen LogP) is 6.53. The third-order valence-corrected chi connectivity index (χ3v) is 8.37. The average molecular weight is 608 g/mol. The van der Waals surface area contributed by atoms with Crippen LogP contribution < -0.4 is 4.74 Å². The lowest BCUT2D eigenvalue weighted by Gasteiger charge is -2.22. The summed E-state index contributed by atoms with van der Waals surface area (Å²) < 4.78 is 21.5. The first-order chi connectivity index (χ1) is 20.5. The number of rotatable bonds is 14. The molecule has 1 aliphatic rings. The number of nitro groups is 1. The molecule has 0 fully saturated rings. The number of carbonyl (C=O) groups excluding carboxylic acids is 2. The van der Waals surface area contributed by atoms with E-state index in [0.29, 0.717) is 31.8 Å². The molecule has 0 spiro atoms. The van der Waals surface area contributed by atoms with Crippen LogP contribution in [0.2, 0.25) is 0 Å². The molecule has 11 heteroatoms. The van der Waals surface area contributed by atoms with E-state index >= 15 is 0 Å². The van der Waals surface area contributed by atoms with Crippen LogP contribution in [0, 0.1) is 22.0 Å². The van der Waals surface area contributed by atoms with E-state index < -0.39 is 17.2 Å². The second-order valence-corrected chi connectivity index (χ2v) is 11.7. The second kappa shape index (κ2) is 16.5. The summed E-state index contributed by atoms with van der Waals surface area (Å²) in [6.45, 7) is 1.14. The van der Waals surface area contributed by atoms with Crippen molar-refractivity contribution in [2.75, 3.05) is 31.3 Å². The van der Waals surface area contributed by atoms with E-state index in [-0.39, 0.29) is 30.4 Å². The molecule has 0 N–H and O–H groups in total. The Morgan fingerprint density at radius 2 is 1.57 bits per heavy atom. The number of hydrogen-bond donors (Lipinski definition) is 0. The topological polar surface area (TPSA) is 114 Å². The Hall–Kier alpha value is -3.98. The minimum atomic E-state index is -0.867. The molecule has 0 radical (unpaired) electrons. The Morgan fingerprint density at radius 3 is 2.36 bits per heavy atom. The average Bonchev–Trinajstić information content (AvgIpc) is 2.98. The van der Waals surface area contributed by atoms with Crippen molar-refractivity contribution >= 4 is 39.4 Å². The molecule has 3 aromatic carbocycles. The number of fused-ring (bicyclic) bond motifs is 2. The Kier molecular flexibility index (Phi) is 12.1. The largest absolute Gasteiger partial charge is 0.513 e. The Balaban J connectivity index is 1.05. The van der Waals surface area contributed by atoms with Crippen LogP contribution in [-0.2, 0) is 25.4 Å². The molecule has 4 rings (SSSR count). The van der Waals surface area contributed by atoms with Gasteiger partial charge in [-0.1, -0.05) is 69.8 Å². The molecular weight excluding hydrogens is 578 g/mol. The van der Waals surface area contributed by atoms with Gasteiger partial charge in [0.05, 0.1) is 11.5 Å². The first kappa shape index (κ1) is 31.0. The van der Waals surface area contributed by atoms with E-state index in [2.05, 4.69) is 11.8 Å². The van der Waals surface area contributed by atoms with Crippen LogP contribution in [0.25, 0.3) is 0 Å². The van der Waals surface area contributed by atoms with Gasteiger partial charge in [-0.05, 0) is 36.2 Å². The van der Waals surface area contributed by atoms with Crippen molar-refractivity contribution in [3.63, 3.8) is 0 Å². The third kappa shape index (κ3) is 9.83. The molecule has 0 aliphatic heterocycles. The summed E-state index contributed by atoms with van der Waals surface area (Å²) in [6.07, 6.45) is 0.138. The van der Waals surface area contributed by atoms with Crippen molar-refractivity contribution in [1.29, 1.82) is 0 Å². The first-order valence-electron chi connectivity index (χ1n) is 13.3. The minimum Gasteiger partial charge on any atom is -0.457 e. The molecule has 1 unspecified atom stereocenters. The van der Waals surface area contributed by atoms with Crippen molar-refractivity contribution in [3.05, 3.63) is 105 Å². The van der Waals surface area contributed by atoms with Gasteiger partial charge in [-0.3, -0.25) is 14.9 Å². The van der Waals surface area contributed by atoms with Gasteiger partial charge in [0.25, 0.3) is 5.69 Å². The number of ether oxygens (including phenoxy) is 4. The van der Waals surface area contributed by atoms with Crippen molar-refractivity contribution in [3.8, 4) is 17.6 Å². The fourth-order valence-electron chi connectivity index (χ4n) is 4.03. The van der Waals surface area contributed by atoms with Gasteiger partial charge in [0, 0.05) is 59.8 Å². The van der Waals surface area contributed by atoms with Crippen molar-refractivity contribution in [2.24, 2.45) is 0 Å². The molecule has 1 atom stereocenters. The zero-order valence-corrected chi connectivity index (χ0v) is 24.3. The summed E-state index contributed by atoms with van der Waals surface area (Å²) >= 11 is 0. The normalized spacial score (nSPS) is 13.3. The standard InChI is InChI=1S/C31H29NO8S2/c33-30(40-29-22-25-8-2-1-6-23(25)11-12-24-7-3-4-9-28(24)29)10-5-17-37-18-20-41-42-21-19-38-31(34)39-27-15-13-26(14-16-27)32(35)36/h1-4,6-9,13-16,29H,5,10,17-22H2. The molecule has 0 heterocycles. The highest BCUT2D eigenvalue weighted by Gasteiger charge is 2.22. The monoisotopic (exact) mass is 607 g/mol. The quantitative estimate of drug-likeness (QED) is 0.0381. The van der Waals surface area contributed by atoms with Gasteiger partial charge >= 0.3 is 12.1 Å². The van der Waals surface area contributed by atoms with Gasteiger partial charge in [-0.25, -0.2) is 4.79 Å². The lowest BCUT2D eigenvalue weighted by atomic mass is 9.92. The Labute approximate surface area is 251 Å². The number of nitrogens with zero attached hydrogens (tertiary/aromatic N) is 1. The maximum Gasteiger partial charge on any atom is 0.513 e. The number of carbonyl (C=O) groups is 2. The van der Waals surface area contributed by atoms with Crippen molar-refractivity contribution in [1.82, 2.24) is 0 Å². The van der Waals surface area contributed by atoms with Gasteiger partial charge in [0.2, 0.25) is 0 Å². The van der Waals surface area contributed by atoms with Crippen LogP contribution in [0.15, 0.2) is 72.8 Å². The summed E-state index contributed by atoms with van der Waals surface area (Å²) in [5.41, 5.74) is 3.71. The number of hydrogen-bond acceptors (Lipinski definition) is 10. The highest BCUT2D eigenvalue weighted by molar-refractivity contribution is 8.76. The smallest absolute Gasteiger partial charge is 0.457 e. The highest BCUT2D eigenvalue weighted by atomic mass is 33.1. The molecule has 3 aromatic rings. The summed E-state index contributed by atoms with van der Waals surface area (Å²) in [6, 6.07) is 20.9. The number of benzene rings is 3. The molecule has 42 heavy (non-hydrogen) atoms. The zero-order valence-electron chi connectivity index (χ0n) is 22.7. The molecule has 1 aliphatic carbocycles. The van der Waals surface area contributed by atoms with Crippen LogP contribution in [0.5, 0.6) is 5.75 Å². The van der Waals surface area contributed by atoms with Crippen LogP contribution >= 0.6 is 21.6 Å². The fourth-order valence-corrected chi connectivity index (χ4v) is 5.72. The maximum atomic E-state index is 12.7. The Morgan fingerprint density at radius 1 is 0.881 bits per heavy atom. The summed E-state index contributed by atoms with van der Waals surface area (Å²) in [4.78, 5) is 34.5. The van der Waals surface area contributed by atoms with Gasteiger partial charge in [-0.15, -0.1) is 0 Å². The predicted molar refractivity (Wildman–Crippen MR) is 161 cm³/mol. The molecule has 0 saturated heterocycles. The molecular formula is C31H29NO8S2. The molecule has 218 valence electrons. The van der Waals surface area contributed by atoms with E-state index in [1.54, 1.807) is 10.8 Å². The van der Waals surface area contributed by atoms with Gasteiger partial charge < -0.3 is 18.9 Å².